The Morgan fingerprint density at radius 3 is 2.64 bits per heavy atom. The van der Waals surface area contributed by atoms with E-state index in [0.29, 0.717) is 24.4 Å². The number of sulfonamides is 1. The fourth-order valence-corrected chi connectivity index (χ4v) is 5.30. The molecule has 0 aromatic heterocycles. The highest BCUT2D eigenvalue weighted by molar-refractivity contribution is 7.89. The topological polar surface area (TPSA) is 92.8 Å². The number of hydrogen-bond donors (Lipinski definition) is 2. The van der Waals surface area contributed by atoms with E-state index >= 15 is 0 Å². The van der Waals surface area contributed by atoms with Crippen molar-refractivity contribution in [3.8, 4) is 5.75 Å². The van der Waals surface area contributed by atoms with Crippen LogP contribution in [0.3, 0.4) is 0 Å². The fourth-order valence-electron chi connectivity index (χ4n) is 3.44. The molecule has 28 heavy (non-hydrogen) atoms. The van der Waals surface area contributed by atoms with Gasteiger partial charge in [-0.2, -0.15) is 4.31 Å². The molecule has 0 spiro atoms. The summed E-state index contributed by atoms with van der Waals surface area (Å²) in [6.07, 6.45) is 1.42. The molecule has 2 heterocycles. The predicted molar refractivity (Wildman–Crippen MR) is 106 cm³/mol. The molecule has 0 radical (unpaired) electrons. The average Bonchev–Trinajstić information content (AvgIpc) is 3.26. The third-order valence-corrected chi connectivity index (χ3v) is 7.14. The Bertz CT molecular complexity index is 1050. The van der Waals surface area contributed by atoms with Crippen molar-refractivity contribution in [1.82, 2.24) is 4.31 Å². The van der Waals surface area contributed by atoms with Crippen LogP contribution in [0, 0.1) is 0 Å². The Labute approximate surface area is 168 Å². The number of carbonyl (C=O) groups excluding carboxylic acids is 2. The van der Waals surface area contributed by atoms with E-state index in [1.54, 1.807) is 24.3 Å². The van der Waals surface area contributed by atoms with Gasteiger partial charge in [-0.3, -0.25) is 9.59 Å². The molecule has 1 atom stereocenters. The molecule has 1 amide bonds. The van der Waals surface area contributed by atoms with Crippen molar-refractivity contribution in [2.75, 3.05) is 18.5 Å². The summed E-state index contributed by atoms with van der Waals surface area (Å²) < 4.78 is 33.4. The summed E-state index contributed by atoms with van der Waals surface area (Å²) >= 11 is 4.23. The molecule has 0 saturated carbocycles. The lowest BCUT2D eigenvalue weighted by atomic mass is 10.1. The third kappa shape index (κ3) is 3.41. The molecule has 2 aliphatic rings. The average molecular weight is 418 g/mol. The van der Waals surface area contributed by atoms with Gasteiger partial charge < -0.3 is 10.1 Å². The molecule has 2 aromatic rings. The zero-order chi connectivity index (χ0) is 19.9. The maximum atomic E-state index is 13.1. The number of carbonyl (C=O) groups is 2. The Hall–Kier alpha value is -2.36. The number of thiol groups is 1. The van der Waals surface area contributed by atoms with Crippen LogP contribution < -0.4 is 10.1 Å². The number of nitrogens with zero attached hydrogens (tertiary/aromatic N) is 1. The van der Waals surface area contributed by atoms with E-state index in [2.05, 4.69) is 17.9 Å². The molecule has 0 aliphatic carbocycles. The minimum Gasteiger partial charge on any atom is -0.492 e. The minimum absolute atomic E-state index is 0.00225. The number of hydrogen-bond acceptors (Lipinski definition) is 6. The molecule has 2 aliphatic heterocycles. The lowest BCUT2D eigenvalue weighted by Crippen LogP contribution is -2.39. The highest BCUT2D eigenvalue weighted by Gasteiger charge is 2.37. The first-order chi connectivity index (χ1) is 13.4. The standard InChI is InChI=1S/C19H18N2O5S2/c22-18-16-10-15(7-8-17(16)20-19(18)23)28(24,25)21-9-1-2-12(21)11-26-13-3-5-14(27)6-4-13/h3-8,10,12,27H,1-2,9,11H2,(H,20,22,23)/t12-/m0/s1. The van der Waals surface area contributed by atoms with Crippen molar-refractivity contribution < 1.29 is 22.7 Å². The van der Waals surface area contributed by atoms with Gasteiger partial charge in [0.15, 0.2) is 0 Å². The Balaban J connectivity index is 1.54. The van der Waals surface area contributed by atoms with Crippen molar-refractivity contribution in [3.05, 3.63) is 48.0 Å². The number of amides is 1. The monoisotopic (exact) mass is 418 g/mol. The lowest BCUT2D eigenvalue weighted by Gasteiger charge is -2.24. The number of ether oxygens (including phenoxy) is 1. The number of Topliss-reactive ketones (excluding diaryl/α,β-unsaturated/α-hetero) is 1. The number of anilines is 1. The molecule has 1 fully saturated rings. The minimum atomic E-state index is -3.81. The van der Waals surface area contributed by atoms with Crippen LogP contribution in [0.5, 0.6) is 5.75 Å². The molecule has 0 bridgehead atoms. The number of benzene rings is 2. The second kappa shape index (κ2) is 7.23. The summed E-state index contributed by atoms with van der Waals surface area (Å²) in [7, 11) is -3.81. The SMILES string of the molecule is O=C1Nc2ccc(S(=O)(=O)N3CCC[C@H]3COc3ccc(S)cc3)cc2C1=O. The largest absolute Gasteiger partial charge is 0.492 e. The highest BCUT2D eigenvalue weighted by Crippen LogP contribution is 2.31. The van der Waals surface area contributed by atoms with E-state index in [-0.39, 0.29) is 23.1 Å². The van der Waals surface area contributed by atoms with Crippen molar-refractivity contribution in [1.29, 1.82) is 0 Å². The van der Waals surface area contributed by atoms with E-state index in [4.69, 9.17) is 4.74 Å². The van der Waals surface area contributed by atoms with Gasteiger partial charge >= 0.3 is 0 Å². The first kappa shape index (κ1) is 19.0. The maximum Gasteiger partial charge on any atom is 0.296 e. The first-order valence-corrected chi connectivity index (χ1v) is 10.7. The first-order valence-electron chi connectivity index (χ1n) is 8.80. The summed E-state index contributed by atoms with van der Waals surface area (Å²) in [6.45, 7) is 0.614. The molecule has 4 rings (SSSR count). The summed E-state index contributed by atoms with van der Waals surface area (Å²) in [5, 5.41) is 2.42. The summed E-state index contributed by atoms with van der Waals surface area (Å²) in [5.41, 5.74) is 0.424. The van der Waals surface area contributed by atoms with Gasteiger partial charge in [0.05, 0.1) is 22.2 Å². The Morgan fingerprint density at radius 1 is 1.14 bits per heavy atom. The van der Waals surface area contributed by atoms with E-state index < -0.39 is 21.7 Å². The maximum absolute atomic E-state index is 13.1. The predicted octanol–water partition coefficient (Wildman–Crippen LogP) is 2.34. The molecule has 1 N–H and O–H groups in total. The highest BCUT2D eigenvalue weighted by atomic mass is 32.2. The number of nitrogens with one attached hydrogen (secondary N) is 1. The molecule has 2 aromatic carbocycles. The van der Waals surface area contributed by atoms with Gasteiger partial charge in [-0.05, 0) is 55.3 Å². The van der Waals surface area contributed by atoms with Crippen LogP contribution in [0.15, 0.2) is 52.3 Å². The van der Waals surface area contributed by atoms with Gasteiger partial charge in [-0.15, -0.1) is 12.6 Å². The van der Waals surface area contributed by atoms with Gasteiger partial charge in [0.2, 0.25) is 10.0 Å². The van der Waals surface area contributed by atoms with Gasteiger partial charge in [-0.25, -0.2) is 8.42 Å². The van der Waals surface area contributed by atoms with Crippen molar-refractivity contribution in [2.24, 2.45) is 0 Å². The molecule has 1 saturated heterocycles. The molecule has 0 unspecified atom stereocenters. The normalized spacial score (nSPS) is 19.5. The van der Waals surface area contributed by atoms with Gasteiger partial charge in [0.1, 0.15) is 12.4 Å². The molecule has 146 valence electrons. The zero-order valence-electron chi connectivity index (χ0n) is 14.8. The van der Waals surface area contributed by atoms with Crippen LogP contribution in [-0.2, 0) is 14.8 Å². The van der Waals surface area contributed by atoms with Crippen LogP contribution in [-0.4, -0.2) is 43.6 Å². The van der Waals surface area contributed by atoms with Crippen LogP contribution in [0.4, 0.5) is 5.69 Å². The summed E-state index contributed by atoms with van der Waals surface area (Å²) in [4.78, 5) is 24.2. The quantitative estimate of drug-likeness (QED) is 0.574. The summed E-state index contributed by atoms with van der Waals surface area (Å²) in [5.74, 6) is -0.819. The van der Waals surface area contributed by atoms with E-state index in [1.807, 2.05) is 0 Å². The molecular weight excluding hydrogens is 400 g/mol. The second-order valence-corrected chi connectivity index (χ2v) is 9.11. The van der Waals surface area contributed by atoms with E-state index in [0.717, 1.165) is 11.3 Å². The van der Waals surface area contributed by atoms with Crippen LogP contribution in [0.2, 0.25) is 0 Å². The Morgan fingerprint density at radius 2 is 1.89 bits per heavy atom. The smallest absolute Gasteiger partial charge is 0.296 e. The van der Waals surface area contributed by atoms with Crippen molar-refractivity contribution in [3.63, 3.8) is 0 Å². The van der Waals surface area contributed by atoms with Gasteiger partial charge in [0, 0.05) is 11.4 Å². The fraction of sp³-hybridized carbons (Fsp3) is 0.263. The van der Waals surface area contributed by atoms with Gasteiger partial charge in [0.25, 0.3) is 11.7 Å². The van der Waals surface area contributed by atoms with E-state index in [9.17, 15) is 18.0 Å². The third-order valence-electron chi connectivity index (χ3n) is 4.90. The number of rotatable bonds is 5. The Kier molecular flexibility index (Phi) is 4.90. The molecule has 9 heteroatoms. The van der Waals surface area contributed by atoms with Crippen LogP contribution >= 0.6 is 12.6 Å². The van der Waals surface area contributed by atoms with Gasteiger partial charge in [-0.1, -0.05) is 0 Å². The number of fused-ring (bicyclic) bond motifs is 1. The lowest BCUT2D eigenvalue weighted by molar-refractivity contribution is -0.112. The summed E-state index contributed by atoms with van der Waals surface area (Å²) in [6, 6.07) is 11.0. The number of ketones is 1. The molecular formula is C19H18N2O5S2. The van der Waals surface area contributed by atoms with Crippen LogP contribution in [0.25, 0.3) is 0 Å². The van der Waals surface area contributed by atoms with Crippen molar-refractivity contribution in [2.45, 2.75) is 28.7 Å². The van der Waals surface area contributed by atoms with E-state index in [1.165, 1.54) is 22.5 Å². The molecule has 7 nitrogen and oxygen atoms in total. The van der Waals surface area contributed by atoms with Crippen LogP contribution in [0.1, 0.15) is 23.2 Å². The van der Waals surface area contributed by atoms with Crippen molar-refractivity contribution >= 4 is 40.0 Å². The second-order valence-electron chi connectivity index (χ2n) is 6.71. The zero-order valence-corrected chi connectivity index (χ0v) is 16.5.